The molecule has 0 aliphatic rings. The number of hydrogen-bond acceptors (Lipinski definition) is 5. The van der Waals surface area contributed by atoms with Gasteiger partial charge < -0.3 is 14.6 Å². The van der Waals surface area contributed by atoms with Gasteiger partial charge in [0.1, 0.15) is 12.3 Å². The Balaban J connectivity index is 0.000000547. The Morgan fingerprint density at radius 1 is 1.32 bits per heavy atom. The van der Waals surface area contributed by atoms with E-state index in [2.05, 4.69) is 16.1 Å². The predicted octanol–water partition coefficient (Wildman–Crippen LogP) is 4.32. The number of ether oxygens (including phenoxy) is 2. The van der Waals surface area contributed by atoms with Gasteiger partial charge in [0.25, 0.3) is 0 Å². The van der Waals surface area contributed by atoms with Gasteiger partial charge in [0, 0.05) is 6.08 Å². The Morgan fingerprint density at radius 3 is 2.52 bits per heavy atom. The van der Waals surface area contributed by atoms with Crippen molar-refractivity contribution in [2.45, 2.75) is 19.8 Å². The van der Waals surface area contributed by atoms with Crippen LogP contribution >= 0.6 is 0 Å². The lowest BCUT2D eigenvalue weighted by Crippen LogP contribution is -2.00. The number of nitriles is 1. The number of carboxylic acid groups (broad SMARTS) is 1. The molecule has 0 spiro atoms. The van der Waals surface area contributed by atoms with Gasteiger partial charge in [0.15, 0.2) is 0 Å². The highest BCUT2D eigenvalue weighted by molar-refractivity contribution is 5.81. The molecule has 0 saturated heterocycles. The highest BCUT2D eigenvalue weighted by atomic mass is 16.7. The van der Waals surface area contributed by atoms with Gasteiger partial charge in [0.2, 0.25) is 0 Å². The average molecular weight is 343 g/mol. The van der Waals surface area contributed by atoms with Crippen LogP contribution in [-0.4, -0.2) is 23.8 Å². The lowest BCUT2D eigenvalue weighted by Gasteiger charge is -1.97. The smallest absolute Gasteiger partial charge is 0.463 e. The van der Waals surface area contributed by atoms with Gasteiger partial charge in [-0.25, -0.2) is 9.59 Å². The van der Waals surface area contributed by atoms with Crippen molar-refractivity contribution in [1.82, 2.24) is 0 Å². The van der Waals surface area contributed by atoms with Crippen LogP contribution in [0.15, 0.2) is 60.9 Å². The van der Waals surface area contributed by atoms with Crippen LogP contribution in [0.25, 0.3) is 6.08 Å². The monoisotopic (exact) mass is 343 g/mol. The standard InChI is InChI=1S/C12H9NO3.C7H12O2/c13-8-11(9-16-12(14)15)7-6-10-4-2-1-3-5-10;1-3-5-6-9-7(8)4-2/h1-7,9H,(H,14,15);4H,2-3,5-6H2,1H3. The van der Waals surface area contributed by atoms with Gasteiger partial charge in [-0.1, -0.05) is 56.3 Å². The van der Waals surface area contributed by atoms with Crippen LogP contribution in [0, 0.1) is 11.3 Å². The van der Waals surface area contributed by atoms with Crippen LogP contribution in [0.4, 0.5) is 4.79 Å². The zero-order chi connectivity index (χ0) is 18.9. The number of rotatable bonds is 7. The number of benzene rings is 1. The largest absolute Gasteiger partial charge is 0.510 e. The highest BCUT2D eigenvalue weighted by Gasteiger charge is 1.95. The molecule has 6 nitrogen and oxygen atoms in total. The van der Waals surface area contributed by atoms with Crippen molar-refractivity contribution in [3.63, 3.8) is 0 Å². The van der Waals surface area contributed by atoms with Crippen molar-refractivity contribution < 1.29 is 24.2 Å². The lowest BCUT2D eigenvalue weighted by molar-refractivity contribution is -0.137. The van der Waals surface area contributed by atoms with E-state index >= 15 is 0 Å². The van der Waals surface area contributed by atoms with E-state index in [-0.39, 0.29) is 11.5 Å². The normalized spacial score (nSPS) is 10.2. The molecule has 0 amide bonds. The molecule has 1 N–H and O–H groups in total. The molecule has 0 aliphatic carbocycles. The summed E-state index contributed by atoms with van der Waals surface area (Å²) in [5.41, 5.74) is 1.05. The highest BCUT2D eigenvalue weighted by Crippen LogP contribution is 2.04. The van der Waals surface area contributed by atoms with E-state index in [1.165, 1.54) is 12.2 Å². The van der Waals surface area contributed by atoms with Crippen molar-refractivity contribution in [2.75, 3.05) is 6.61 Å². The summed E-state index contributed by atoms with van der Waals surface area (Å²) in [6.07, 6.45) is 5.78. The molecular weight excluding hydrogens is 322 g/mol. The number of allylic oxidation sites excluding steroid dienone is 2. The molecule has 0 heterocycles. The Bertz CT molecular complexity index is 642. The predicted molar refractivity (Wildman–Crippen MR) is 94.3 cm³/mol. The Hall–Kier alpha value is -3.33. The molecule has 0 bridgehead atoms. The topological polar surface area (TPSA) is 96.6 Å². The first-order valence-corrected chi connectivity index (χ1v) is 7.55. The van der Waals surface area contributed by atoms with Gasteiger partial charge in [0.05, 0.1) is 12.2 Å². The molecule has 25 heavy (non-hydrogen) atoms. The van der Waals surface area contributed by atoms with E-state index in [9.17, 15) is 9.59 Å². The van der Waals surface area contributed by atoms with Crippen molar-refractivity contribution in [2.24, 2.45) is 0 Å². The first kappa shape index (κ1) is 21.7. The number of carbonyl (C=O) groups excluding carboxylic acids is 1. The number of unbranched alkanes of at least 4 members (excludes halogenated alkanes) is 1. The number of carbonyl (C=O) groups is 2. The van der Waals surface area contributed by atoms with Crippen LogP contribution in [0.1, 0.15) is 25.3 Å². The van der Waals surface area contributed by atoms with Crippen LogP contribution in [0.3, 0.4) is 0 Å². The first-order valence-electron chi connectivity index (χ1n) is 7.55. The molecule has 0 atom stereocenters. The molecule has 0 aliphatic heterocycles. The summed E-state index contributed by atoms with van der Waals surface area (Å²) in [4.78, 5) is 20.4. The minimum atomic E-state index is -1.44. The molecule has 6 heteroatoms. The Morgan fingerprint density at radius 2 is 2.00 bits per heavy atom. The maximum Gasteiger partial charge on any atom is 0.510 e. The summed E-state index contributed by atoms with van der Waals surface area (Å²) >= 11 is 0. The zero-order valence-corrected chi connectivity index (χ0v) is 14.1. The van der Waals surface area contributed by atoms with Crippen LogP contribution in [0.2, 0.25) is 0 Å². The van der Waals surface area contributed by atoms with E-state index < -0.39 is 6.16 Å². The van der Waals surface area contributed by atoms with Gasteiger partial charge in [-0.3, -0.25) is 0 Å². The minimum absolute atomic E-state index is 0.131. The summed E-state index contributed by atoms with van der Waals surface area (Å²) in [5.74, 6) is -0.330. The Labute approximate surface area is 147 Å². The summed E-state index contributed by atoms with van der Waals surface area (Å²) < 4.78 is 8.84. The van der Waals surface area contributed by atoms with Crippen LogP contribution < -0.4 is 0 Å². The second kappa shape index (κ2) is 14.3. The number of nitrogens with zero attached hydrogens (tertiary/aromatic N) is 1. The van der Waals surface area contributed by atoms with Crippen molar-refractivity contribution in [1.29, 1.82) is 5.26 Å². The van der Waals surface area contributed by atoms with Crippen LogP contribution in [-0.2, 0) is 14.3 Å². The maximum atomic E-state index is 10.3. The molecule has 1 aromatic carbocycles. The van der Waals surface area contributed by atoms with E-state index in [0.717, 1.165) is 24.7 Å². The van der Waals surface area contributed by atoms with Gasteiger partial charge in [-0.15, -0.1) is 0 Å². The third-order valence-electron chi connectivity index (χ3n) is 2.58. The zero-order valence-electron chi connectivity index (χ0n) is 14.1. The fourth-order valence-corrected chi connectivity index (χ4v) is 1.34. The summed E-state index contributed by atoms with van der Waals surface area (Å²) in [7, 11) is 0. The molecule has 0 fully saturated rings. The van der Waals surface area contributed by atoms with Crippen molar-refractivity contribution >= 4 is 18.2 Å². The van der Waals surface area contributed by atoms with Gasteiger partial charge in [-0.2, -0.15) is 5.26 Å². The molecule has 132 valence electrons. The maximum absolute atomic E-state index is 10.3. The molecule has 0 unspecified atom stereocenters. The quantitative estimate of drug-likeness (QED) is 0.198. The molecule has 1 rings (SSSR count). The first-order chi connectivity index (χ1) is 12.0. The van der Waals surface area contributed by atoms with Crippen LogP contribution in [0.5, 0.6) is 0 Å². The summed E-state index contributed by atoms with van der Waals surface area (Å²) in [6.45, 7) is 5.82. The van der Waals surface area contributed by atoms with E-state index in [4.69, 9.17) is 10.4 Å². The Kier molecular flexibility index (Phi) is 12.4. The summed E-state index contributed by atoms with van der Waals surface area (Å²) in [6, 6.07) is 11.2. The second-order valence-electron chi connectivity index (χ2n) is 4.54. The fourth-order valence-electron chi connectivity index (χ4n) is 1.34. The van der Waals surface area contributed by atoms with Crippen molar-refractivity contribution in [3.05, 3.63) is 66.5 Å². The van der Waals surface area contributed by atoms with E-state index in [1.807, 2.05) is 43.3 Å². The molecule has 0 saturated carbocycles. The SMILES string of the molecule is C=CC(=O)OCCCC.N#CC(C=Cc1ccccc1)=COC(=O)O. The van der Waals surface area contributed by atoms with Gasteiger partial charge in [-0.05, 0) is 18.1 Å². The van der Waals surface area contributed by atoms with Crippen molar-refractivity contribution in [3.8, 4) is 6.07 Å². The number of esters is 1. The third-order valence-corrected chi connectivity index (χ3v) is 2.58. The minimum Gasteiger partial charge on any atom is -0.463 e. The average Bonchev–Trinajstić information content (AvgIpc) is 2.63. The molecule has 0 aromatic heterocycles. The third kappa shape index (κ3) is 12.9. The van der Waals surface area contributed by atoms with E-state index in [1.54, 1.807) is 6.08 Å². The second-order valence-corrected chi connectivity index (χ2v) is 4.54. The molecule has 0 radical (unpaired) electrons. The fraction of sp³-hybridized carbons (Fsp3) is 0.211. The molecular formula is C19H21NO5. The molecule has 1 aromatic rings. The lowest BCUT2D eigenvalue weighted by atomic mass is 10.2. The van der Waals surface area contributed by atoms with E-state index in [0.29, 0.717) is 6.61 Å². The summed E-state index contributed by atoms with van der Waals surface area (Å²) in [5, 5.41) is 16.9. The van der Waals surface area contributed by atoms with Gasteiger partial charge >= 0.3 is 12.1 Å². The number of hydrogen-bond donors (Lipinski definition) is 1.